The van der Waals surface area contributed by atoms with E-state index in [1.54, 1.807) is 24.3 Å². The molecule has 15 nitrogen and oxygen atoms in total. The lowest BCUT2D eigenvalue weighted by Crippen LogP contribution is -2.56. The summed E-state index contributed by atoms with van der Waals surface area (Å²) in [6, 6.07) is 3.33. The number of carbonyl (C=O) groups is 4. The van der Waals surface area contributed by atoms with Crippen molar-refractivity contribution in [3.63, 3.8) is 0 Å². The summed E-state index contributed by atoms with van der Waals surface area (Å²) >= 11 is 0. The molecule has 0 fully saturated rings. The van der Waals surface area contributed by atoms with E-state index in [1.807, 2.05) is 13.8 Å². The molecule has 0 aliphatic carbocycles. The number of carbonyl (C=O) groups excluding carboxylic acids is 4. The summed E-state index contributed by atoms with van der Waals surface area (Å²) in [4.78, 5) is 53.4. The van der Waals surface area contributed by atoms with Gasteiger partial charge in [0.15, 0.2) is 5.96 Å². The Labute approximate surface area is 239 Å². The molecule has 0 radical (unpaired) electrons. The Bertz CT molecular complexity index is 1020. The van der Waals surface area contributed by atoms with E-state index in [2.05, 4.69) is 26.3 Å². The highest BCUT2D eigenvalue weighted by Crippen LogP contribution is 2.12. The molecule has 0 heterocycles. The van der Waals surface area contributed by atoms with Gasteiger partial charge < -0.3 is 54.4 Å². The van der Waals surface area contributed by atoms with Crippen molar-refractivity contribution >= 4 is 29.6 Å². The van der Waals surface area contributed by atoms with Crippen LogP contribution < -0.4 is 44.2 Å². The minimum atomic E-state index is -1.37. The minimum absolute atomic E-state index is 0.0763. The second-order valence-corrected chi connectivity index (χ2v) is 9.83. The number of primary amides is 1. The summed E-state index contributed by atoms with van der Waals surface area (Å²) < 4.78 is 0. The Kier molecular flexibility index (Phi) is 15.7. The summed E-state index contributed by atoms with van der Waals surface area (Å²) in [6.45, 7) is 3.17. The van der Waals surface area contributed by atoms with Crippen LogP contribution in [-0.4, -0.2) is 90.2 Å². The molecule has 1 rings (SSSR count). The first-order valence-corrected chi connectivity index (χ1v) is 13.5. The van der Waals surface area contributed by atoms with Crippen LogP contribution in [0.4, 0.5) is 0 Å². The molecule has 0 bridgehead atoms. The summed E-state index contributed by atoms with van der Waals surface area (Å²) in [5, 5.41) is 29.5. The van der Waals surface area contributed by atoms with Gasteiger partial charge in [-0.05, 0) is 42.9 Å². The normalized spacial score (nSPS) is 14.5. The predicted molar refractivity (Wildman–Crippen MR) is 154 cm³/mol. The van der Waals surface area contributed by atoms with Crippen molar-refractivity contribution < 1.29 is 29.4 Å². The number of amides is 4. The summed E-state index contributed by atoms with van der Waals surface area (Å²) in [5.74, 6) is -2.79. The summed E-state index contributed by atoms with van der Waals surface area (Å²) in [5.41, 5.74) is 23.0. The fourth-order valence-corrected chi connectivity index (χ4v) is 3.85. The van der Waals surface area contributed by atoms with E-state index in [-0.39, 0.29) is 36.6 Å². The molecule has 0 unspecified atom stereocenters. The van der Waals surface area contributed by atoms with Gasteiger partial charge in [-0.3, -0.25) is 24.2 Å². The number of hydrogen-bond acceptors (Lipinski definition) is 9. The molecular weight excluding hydrogens is 534 g/mol. The second-order valence-electron chi connectivity index (χ2n) is 9.83. The Balaban J connectivity index is 2.62. The Morgan fingerprint density at radius 3 is 2.22 bits per heavy atom. The van der Waals surface area contributed by atoms with Crippen LogP contribution in [0.2, 0.25) is 0 Å². The van der Waals surface area contributed by atoms with E-state index in [9.17, 15) is 29.4 Å². The SMILES string of the molecule is CC[C@H](C)[C@H](NC[C@@H](N)Cc1ccc(O)cc1)C(=O)NCC(=O)N[C@@H](CO)C(=O)N[C@@H](CCCN=C(N)N)C(N)=O. The van der Waals surface area contributed by atoms with Crippen molar-refractivity contribution in [2.24, 2.45) is 33.8 Å². The number of rotatable bonds is 19. The van der Waals surface area contributed by atoms with Gasteiger partial charge in [-0.2, -0.15) is 0 Å². The molecular formula is C26H45N9O6. The second kappa shape index (κ2) is 18.4. The molecule has 0 saturated carbocycles. The molecule has 230 valence electrons. The monoisotopic (exact) mass is 579 g/mol. The molecule has 1 aromatic rings. The van der Waals surface area contributed by atoms with Crippen LogP contribution in [0.15, 0.2) is 29.3 Å². The number of aliphatic imine (C=N–C) groups is 1. The number of aliphatic hydroxyl groups excluding tert-OH is 1. The summed E-state index contributed by atoms with van der Waals surface area (Å²) in [7, 11) is 0. The van der Waals surface area contributed by atoms with Crippen LogP contribution in [0.5, 0.6) is 5.75 Å². The number of guanidine groups is 1. The number of aromatic hydroxyl groups is 1. The Hall–Kier alpha value is -3.95. The van der Waals surface area contributed by atoms with Crippen molar-refractivity contribution in [3.8, 4) is 5.75 Å². The molecule has 4 amide bonds. The Morgan fingerprint density at radius 2 is 1.66 bits per heavy atom. The van der Waals surface area contributed by atoms with E-state index in [0.717, 1.165) is 5.56 Å². The van der Waals surface area contributed by atoms with Crippen molar-refractivity contribution in [2.75, 3.05) is 26.2 Å². The van der Waals surface area contributed by atoms with Gasteiger partial charge in [0.25, 0.3) is 0 Å². The first-order chi connectivity index (χ1) is 19.4. The zero-order valence-electron chi connectivity index (χ0n) is 23.6. The first-order valence-electron chi connectivity index (χ1n) is 13.5. The lowest BCUT2D eigenvalue weighted by atomic mass is 9.97. The van der Waals surface area contributed by atoms with Gasteiger partial charge in [0, 0.05) is 19.1 Å². The molecule has 0 aromatic heterocycles. The van der Waals surface area contributed by atoms with Gasteiger partial charge >= 0.3 is 0 Å². The standard InChI is InChI=1S/C26H45N9O6/c1-3-15(2)22(32-12-17(27)11-16-6-8-18(37)9-7-16)25(41)33-13-21(38)34-20(14-36)24(40)35-19(23(28)39)5-4-10-31-26(29)30/h6-9,15,17,19-20,22,32,36-37H,3-5,10-14,27H2,1-2H3,(H2,28,39)(H,33,41)(H,34,38)(H,35,40)(H4,29,30,31)/t15-,17-,19-,20-,22-/m0/s1. The van der Waals surface area contributed by atoms with Crippen LogP contribution >= 0.6 is 0 Å². The number of phenols is 1. The van der Waals surface area contributed by atoms with E-state index >= 15 is 0 Å². The molecule has 41 heavy (non-hydrogen) atoms. The van der Waals surface area contributed by atoms with E-state index in [4.69, 9.17) is 22.9 Å². The van der Waals surface area contributed by atoms with E-state index < -0.39 is 54.9 Å². The van der Waals surface area contributed by atoms with Crippen LogP contribution in [0.1, 0.15) is 38.7 Å². The maximum atomic E-state index is 12.9. The van der Waals surface area contributed by atoms with Crippen molar-refractivity contribution in [2.45, 2.75) is 63.7 Å². The third-order valence-corrected chi connectivity index (χ3v) is 6.39. The highest BCUT2D eigenvalue weighted by Gasteiger charge is 2.27. The number of aliphatic hydroxyl groups is 1. The average molecular weight is 580 g/mol. The number of benzene rings is 1. The van der Waals surface area contributed by atoms with Crippen LogP contribution in [0.25, 0.3) is 0 Å². The van der Waals surface area contributed by atoms with Gasteiger partial charge in [0.2, 0.25) is 23.6 Å². The maximum Gasteiger partial charge on any atom is 0.245 e. The predicted octanol–water partition coefficient (Wildman–Crippen LogP) is -3.12. The van der Waals surface area contributed by atoms with E-state index in [1.165, 1.54) is 0 Å². The van der Waals surface area contributed by atoms with Crippen molar-refractivity contribution in [1.29, 1.82) is 0 Å². The maximum absolute atomic E-state index is 12.9. The molecule has 0 aliphatic heterocycles. The zero-order valence-corrected chi connectivity index (χ0v) is 23.6. The quantitative estimate of drug-likeness (QED) is 0.0447. The smallest absolute Gasteiger partial charge is 0.245 e. The number of nitrogens with one attached hydrogen (secondary N) is 4. The number of nitrogens with two attached hydrogens (primary N) is 4. The molecule has 0 saturated heterocycles. The fourth-order valence-electron chi connectivity index (χ4n) is 3.85. The van der Waals surface area contributed by atoms with Crippen LogP contribution in [0, 0.1) is 5.92 Å². The van der Waals surface area contributed by atoms with Gasteiger partial charge in [-0.15, -0.1) is 0 Å². The largest absolute Gasteiger partial charge is 0.508 e. The van der Waals surface area contributed by atoms with Crippen molar-refractivity contribution in [3.05, 3.63) is 29.8 Å². The van der Waals surface area contributed by atoms with Gasteiger partial charge in [-0.1, -0.05) is 32.4 Å². The third-order valence-electron chi connectivity index (χ3n) is 6.39. The minimum Gasteiger partial charge on any atom is -0.508 e. The van der Waals surface area contributed by atoms with Gasteiger partial charge in [0.05, 0.1) is 19.2 Å². The van der Waals surface area contributed by atoms with E-state index in [0.29, 0.717) is 25.8 Å². The lowest BCUT2D eigenvalue weighted by Gasteiger charge is -2.25. The lowest BCUT2D eigenvalue weighted by molar-refractivity contribution is -0.133. The van der Waals surface area contributed by atoms with Crippen LogP contribution in [-0.2, 0) is 25.6 Å². The molecule has 5 atom stereocenters. The first kappa shape index (κ1) is 35.1. The molecule has 14 N–H and O–H groups in total. The highest BCUT2D eigenvalue weighted by atomic mass is 16.3. The topological polar surface area (TPSA) is 273 Å². The highest BCUT2D eigenvalue weighted by molar-refractivity contribution is 5.93. The molecule has 1 aromatic carbocycles. The molecule has 0 aliphatic rings. The van der Waals surface area contributed by atoms with Gasteiger partial charge in [-0.25, -0.2) is 0 Å². The fraction of sp³-hybridized carbons (Fsp3) is 0.577. The zero-order chi connectivity index (χ0) is 30.9. The van der Waals surface area contributed by atoms with Gasteiger partial charge in [0.1, 0.15) is 17.8 Å². The third kappa shape index (κ3) is 13.8. The molecule has 15 heteroatoms. The Morgan fingerprint density at radius 1 is 1.00 bits per heavy atom. The number of nitrogens with zero attached hydrogens (tertiary/aromatic N) is 1. The molecule has 0 spiro atoms. The summed E-state index contributed by atoms with van der Waals surface area (Å²) in [6.07, 6.45) is 1.70. The van der Waals surface area contributed by atoms with Crippen molar-refractivity contribution in [1.82, 2.24) is 21.3 Å². The number of hydrogen-bond donors (Lipinski definition) is 10. The van der Waals surface area contributed by atoms with Crippen LogP contribution in [0.3, 0.4) is 0 Å². The average Bonchev–Trinajstić information content (AvgIpc) is 2.92. The number of phenolic OH excluding ortho intramolecular Hbond substituents is 1.